The maximum Gasteiger partial charge on any atom is 0.131 e. The highest BCUT2D eigenvalue weighted by atomic mass is 32.2. The summed E-state index contributed by atoms with van der Waals surface area (Å²) in [6, 6.07) is 1.96. The Hall–Kier alpha value is -0.810. The van der Waals surface area contributed by atoms with Gasteiger partial charge in [-0.1, -0.05) is 20.8 Å². The van der Waals surface area contributed by atoms with Crippen LogP contribution in [0.2, 0.25) is 0 Å². The van der Waals surface area contributed by atoms with E-state index in [0.29, 0.717) is 0 Å². The quantitative estimate of drug-likeness (QED) is 0.589. The number of thioether (sulfide) groups is 1. The van der Waals surface area contributed by atoms with Crippen molar-refractivity contribution in [3.05, 3.63) is 11.9 Å². The topological polar surface area (TPSA) is 58.0 Å². The fourth-order valence-electron chi connectivity index (χ4n) is 1.32. The summed E-state index contributed by atoms with van der Waals surface area (Å²) < 4.78 is 0. The summed E-state index contributed by atoms with van der Waals surface area (Å²) in [6.45, 7) is 8.89. The minimum absolute atomic E-state index is 0.128. The highest BCUT2D eigenvalue weighted by Crippen LogP contribution is 2.25. The number of aryl methyl sites for hydroxylation is 1. The summed E-state index contributed by atoms with van der Waals surface area (Å²) in [5.41, 5.74) is 0. The molecule has 0 aliphatic rings. The van der Waals surface area contributed by atoms with Crippen LogP contribution in [-0.4, -0.2) is 33.0 Å². The van der Waals surface area contributed by atoms with Crippen LogP contribution in [0.1, 0.15) is 39.9 Å². The van der Waals surface area contributed by atoms with Gasteiger partial charge < -0.3 is 10.4 Å². The van der Waals surface area contributed by atoms with Gasteiger partial charge in [-0.2, -0.15) is 0 Å². The molecule has 1 aromatic heterocycles. The zero-order valence-electron chi connectivity index (χ0n) is 11.6. The van der Waals surface area contributed by atoms with Crippen LogP contribution in [0.4, 0.5) is 5.82 Å². The maximum absolute atomic E-state index is 9.54. The van der Waals surface area contributed by atoms with Crippen molar-refractivity contribution in [3.8, 4) is 0 Å². The molecule has 102 valence electrons. The molecule has 0 bridgehead atoms. The Balaban J connectivity index is 2.82. The molecule has 1 aromatic rings. The van der Waals surface area contributed by atoms with E-state index < -0.39 is 0 Å². The van der Waals surface area contributed by atoms with Gasteiger partial charge in [0.25, 0.3) is 0 Å². The first-order chi connectivity index (χ1) is 8.56. The van der Waals surface area contributed by atoms with Crippen molar-refractivity contribution in [2.75, 3.05) is 11.9 Å². The van der Waals surface area contributed by atoms with Crippen LogP contribution in [-0.2, 0) is 6.42 Å². The summed E-state index contributed by atoms with van der Waals surface area (Å²) in [6.07, 6.45) is 1.54. The molecule has 0 radical (unpaired) electrons. The molecule has 2 N–H and O–H groups in total. The number of nitrogens with zero attached hydrogens (tertiary/aromatic N) is 2. The molecule has 0 spiro atoms. The normalized spacial score (nSPS) is 14.3. The van der Waals surface area contributed by atoms with E-state index in [9.17, 15) is 5.11 Å². The Labute approximate surface area is 114 Å². The van der Waals surface area contributed by atoms with E-state index in [1.807, 2.05) is 19.9 Å². The van der Waals surface area contributed by atoms with Crippen LogP contribution < -0.4 is 5.32 Å². The first kappa shape index (κ1) is 15.2. The van der Waals surface area contributed by atoms with E-state index in [-0.39, 0.29) is 11.4 Å². The molecule has 0 amide bonds. The van der Waals surface area contributed by atoms with E-state index in [0.717, 1.165) is 36.1 Å². The number of aliphatic hydroxyl groups excluding tert-OH is 1. The van der Waals surface area contributed by atoms with Gasteiger partial charge in [0.15, 0.2) is 0 Å². The molecule has 1 rings (SSSR count). The molecule has 0 aliphatic carbocycles. The SMILES string of the molecule is CCCNc1cc(SC(C)C(C)O)nc(CC)n1. The van der Waals surface area contributed by atoms with Crippen molar-refractivity contribution in [1.29, 1.82) is 0 Å². The number of hydrogen-bond donors (Lipinski definition) is 2. The van der Waals surface area contributed by atoms with E-state index in [1.54, 1.807) is 18.7 Å². The fourth-order valence-corrected chi connectivity index (χ4v) is 2.24. The minimum Gasteiger partial charge on any atom is -0.392 e. The van der Waals surface area contributed by atoms with Crippen molar-refractivity contribution >= 4 is 17.6 Å². The summed E-state index contributed by atoms with van der Waals surface area (Å²) in [5.74, 6) is 1.72. The molecule has 18 heavy (non-hydrogen) atoms. The van der Waals surface area contributed by atoms with Gasteiger partial charge in [0.2, 0.25) is 0 Å². The molecule has 0 fully saturated rings. The molecular formula is C13H23N3OS. The van der Waals surface area contributed by atoms with Gasteiger partial charge in [-0.15, -0.1) is 11.8 Å². The Bertz CT molecular complexity index is 371. The molecule has 4 nitrogen and oxygen atoms in total. The minimum atomic E-state index is -0.345. The molecule has 5 heteroatoms. The average Bonchev–Trinajstić information content (AvgIpc) is 2.35. The van der Waals surface area contributed by atoms with Crippen LogP contribution in [0.15, 0.2) is 11.1 Å². The number of rotatable bonds is 7. The summed E-state index contributed by atoms with van der Waals surface area (Å²) in [4.78, 5) is 8.93. The largest absolute Gasteiger partial charge is 0.392 e. The lowest BCUT2D eigenvalue weighted by Crippen LogP contribution is -2.15. The first-order valence-electron chi connectivity index (χ1n) is 6.53. The van der Waals surface area contributed by atoms with Crippen molar-refractivity contribution in [2.45, 2.75) is 56.9 Å². The number of anilines is 1. The van der Waals surface area contributed by atoms with Gasteiger partial charge in [-0.3, -0.25) is 0 Å². The van der Waals surface area contributed by atoms with Crippen LogP contribution in [0, 0.1) is 0 Å². The van der Waals surface area contributed by atoms with Gasteiger partial charge in [0.05, 0.1) is 6.10 Å². The van der Waals surface area contributed by atoms with Gasteiger partial charge in [-0.05, 0) is 13.3 Å². The maximum atomic E-state index is 9.54. The molecule has 0 aliphatic heterocycles. The Kier molecular flexibility index (Phi) is 6.43. The van der Waals surface area contributed by atoms with E-state index in [2.05, 4.69) is 22.2 Å². The third kappa shape index (κ3) is 4.82. The predicted octanol–water partition coefficient (Wildman–Crippen LogP) is 2.72. The molecule has 2 unspecified atom stereocenters. The lowest BCUT2D eigenvalue weighted by atomic mass is 10.3. The molecule has 0 aromatic carbocycles. The average molecular weight is 269 g/mol. The number of hydrogen-bond acceptors (Lipinski definition) is 5. The third-order valence-electron chi connectivity index (χ3n) is 2.61. The number of aliphatic hydroxyl groups is 1. The molecule has 1 heterocycles. The lowest BCUT2D eigenvalue weighted by Gasteiger charge is -2.14. The zero-order chi connectivity index (χ0) is 13.5. The molecular weight excluding hydrogens is 246 g/mol. The Morgan fingerprint density at radius 2 is 2.06 bits per heavy atom. The second kappa shape index (κ2) is 7.59. The van der Waals surface area contributed by atoms with Crippen LogP contribution in [0.25, 0.3) is 0 Å². The van der Waals surface area contributed by atoms with Crippen molar-refractivity contribution in [2.24, 2.45) is 0 Å². The zero-order valence-corrected chi connectivity index (χ0v) is 12.4. The number of nitrogens with one attached hydrogen (secondary N) is 1. The van der Waals surface area contributed by atoms with Gasteiger partial charge >= 0.3 is 0 Å². The predicted molar refractivity (Wildman–Crippen MR) is 77.2 cm³/mol. The van der Waals surface area contributed by atoms with Crippen molar-refractivity contribution < 1.29 is 5.11 Å². The first-order valence-corrected chi connectivity index (χ1v) is 7.41. The Morgan fingerprint density at radius 3 is 2.61 bits per heavy atom. The van der Waals surface area contributed by atoms with Gasteiger partial charge in [-0.25, -0.2) is 9.97 Å². The molecule has 0 saturated carbocycles. The second-order valence-corrected chi connectivity index (χ2v) is 5.75. The molecule has 0 saturated heterocycles. The van der Waals surface area contributed by atoms with Crippen molar-refractivity contribution in [1.82, 2.24) is 9.97 Å². The highest BCUT2D eigenvalue weighted by Gasteiger charge is 2.13. The monoisotopic (exact) mass is 269 g/mol. The van der Waals surface area contributed by atoms with E-state index >= 15 is 0 Å². The highest BCUT2D eigenvalue weighted by molar-refractivity contribution is 7.99. The summed E-state index contributed by atoms with van der Waals surface area (Å²) >= 11 is 1.59. The van der Waals surface area contributed by atoms with Crippen molar-refractivity contribution in [3.63, 3.8) is 0 Å². The van der Waals surface area contributed by atoms with Gasteiger partial charge in [0, 0.05) is 24.3 Å². The van der Waals surface area contributed by atoms with E-state index in [1.165, 1.54) is 0 Å². The van der Waals surface area contributed by atoms with E-state index in [4.69, 9.17) is 0 Å². The summed E-state index contributed by atoms with van der Waals surface area (Å²) in [7, 11) is 0. The Morgan fingerprint density at radius 1 is 1.33 bits per heavy atom. The van der Waals surface area contributed by atoms with Crippen LogP contribution in [0.5, 0.6) is 0 Å². The third-order valence-corrected chi connectivity index (χ3v) is 3.82. The fraction of sp³-hybridized carbons (Fsp3) is 0.692. The summed E-state index contributed by atoms with van der Waals surface area (Å²) in [5, 5.41) is 13.9. The number of aromatic nitrogens is 2. The van der Waals surface area contributed by atoms with Crippen LogP contribution in [0.3, 0.4) is 0 Å². The smallest absolute Gasteiger partial charge is 0.131 e. The molecule has 2 atom stereocenters. The lowest BCUT2D eigenvalue weighted by molar-refractivity contribution is 0.196. The standard InChI is InChI=1S/C13H23N3OS/c1-5-7-14-12-8-13(16-11(6-2)15-12)18-10(4)9(3)17/h8-10,17H,5-7H2,1-4H3,(H,14,15,16). The van der Waals surface area contributed by atoms with Gasteiger partial charge in [0.1, 0.15) is 16.7 Å². The second-order valence-electron chi connectivity index (χ2n) is 4.35. The van der Waals surface area contributed by atoms with Crippen LogP contribution >= 0.6 is 11.8 Å².